The predicted octanol–water partition coefficient (Wildman–Crippen LogP) is 0.955. The van der Waals surface area contributed by atoms with Crippen LogP contribution in [0.1, 0.15) is 110 Å². The molecule has 0 heterocycles. The van der Waals surface area contributed by atoms with Crippen molar-refractivity contribution in [2.24, 2.45) is 0 Å². The normalized spacial score (nSPS) is 12.1. The van der Waals surface area contributed by atoms with E-state index >= 15 is 0 Å². The number of carbonyl (C=O) groups excluding carboxylic acids is 2. The summed E-state index contributed by atoms with van der Waals surface area (Å²) in [6.07, 6.45) is 17.4. The van der Waals surface area contributed by atoms with Gasteiger partial charge in [-0.2, -0.15) is 8.42 Å². The molecular weight excluding hydrogens is 459 g/mol. The van der Waals surface area contributed by atoms with Gasteiger partial charge in [-0.3, -0.25) is 14.1 Å². The maximum atomic E-state index is 11.7. The van der Waals surface area contributed by atoms with Crippen LogP contribution in [0.2, 0.25) is 0 Å². The Balaban J connectivity index is 0. The molecule has 0 aromatic carbocycles. The number of hydrogen-bond acceptors (Lipinski definition) is 7. The van der Waals surface area contributed by atoms with E-state index in [1.54, 1.807) is 0 Å². The monoisotopic (exact) mass is 502 g/mol. The molecule has 1 N–H and O–H groups in total. The van der Waals surface area contributed by atoms with Gasteiger partial charge >= 0.3 is 41.5 Å². The zero-order valence-corrected chi connectivity index (χ0v) is 23.5. The van der Waals surface area contributed by atoms with Crippen LogP contribution in [0.5, 0.6) is 0 Å². The molecule has 190 valence electrons. The summed E-state index contributed by atoms with van der Waals surface area (Å²) in [7, 11) is -4.53. The van der Waals surface area contributed by atoms with Crippen molar-refractivity contribution in [1.82, 2.24) is 0 Å². The Morgan fingerprint density at radius 2 is 1.21 bits per heavy atom. The fourth-order valence-corrected chi connectivity index (χ4v) is 3.75. The van der Waals surface area contributed by atoms with Crippen molar-refractivity contribution in [3.63, 3.8) is 0 Å². The number of ether oxygens (including phenoxy) is 2. The maximum Gasteiger partial charge on any atom is 1.00 e. The van der Waals surface area contributed by atoms with Crippen molar-refractivity contribution in [3.8, 4) is 0 Å². The van der Waals surface area contributed by atoms with E-state index in [1.807, 2.05) is 0 Å². The number of carbonyl (C=O) groups is 2. The minimum Gasteiger partial charge on any atom is -0.852 e. The van der Waals surface area contributed by atoms with Gasteiger partial charge in [0.15, 0.2) is 5.75 Å². The Labute approximate surface area is 222 Å². The van der Waals surface area contributed by atoms with Gasteiger partial charge in [-0.15, -0.1) is 0 Å². The molecule has 0 fully saturated rings. The van der Waals surface area contributed by atoms with Crippen LogP contribution in [-0.2, 0) is 29.2 Å². The maximum absolute atomic E-state index is 11.7. The molecule has 0 aromatic heterocycles. The molecule has 8 nitrogen and oxygen atoms in total. The van der Waals surface area contributed by atoms with Crippen LogP contribution in [-0.4, -0.2) is 50.0 Å². The molecule has 33 heavy (non-hydrogen) atoms. The van der Waals surface area contributed by atoms with Crippen LogP contribution in [0.15, 0.2) is 0 Å². The fourth-order valence-electron chi connectivity index (χ4n) is 3.38. The molecule has 1 atom stereocenters. The number of unbranched alkanes of at least 4 members (excludes halogenated alkanes) is 14. The van der Waals surface area contributed by atoms with Gasteiger partial charge in [0.2, 0.25) is 0 Å². The summed E-state index contributed by atoms with van der Waals surface area (Å²) in [5.41, 5.74) is 0. The second-order valence-corrected chi connectivity index (χ2v) is 9.84. The Bertz CT molecular complexity index is 583. The smallest absolute Gasteiger partial charge is 0.852 e. The molecular formula is C23H43NaO8S. The van der Waals surface area contributed by atoms with E-state index < -0.39 is 47.1 Å². The zero-order chi connectivity index (χ0) is 24.1. The van der Waals surface area contributed by atoms with E-state index in [0.29, 0.717) is 6.42 Å². The van der Waals surface area contributed by atoms with E-state index in [0.717, 1.165) is 19.3 Å². The van der Waals surface area contributed by atoms with Gasteiger partial charge in [0, 0.05) is 6.42 Å². The SMILES string of the molecule is CCCCCCCCCCCCCCCCCC(=O)OCC(C[O-])OC(=O)CS(=O)(=O)O.[Na+]. The Kier molecular flexibility index (Phi) is 25.0. The summed E-state index contributed by atoms with van der Waals surface area (Å²) in [6, 6.07) is 0. The Morgan fingerprint density at radius 3 is 1.61 bits per heavy atom. The minimum absolute atomic E-state index is 0. The van der Waals surface area contributed by atoms with Gasteiger partial charge in [0.05, 0.1) is 0 Å². The second kappa shape index (κ2) is 23.5. The van der Waals surface area contributed by atoms with E-state index in [4.69, 9.17) is 9.29 Å². The Hall–Kier alpha value is -0.190. The molecule has 0 rings (SSSR count). The van der Waals surface area contributed by atoms with Crippen LogP contribution >= 0.6 is 0 Å². The van der Waals surface area contributed by atoms with Gasteiger partial charge in [0.25, 0.3) is 10.1 Å². The van der Waals surface area contributed by atoms with Gasteiger partial charge in [-0.1, -0.05) is 103 Å². The molecule has 0 saturated heterocycles. The molecule has 0 aliphatic heterocycles. The largest absolute Gasteiger partial charge is 1.00 e. The van der Waals surface area contributed by atoms with E-state index in [-0.39, 0.29) is 36.0 Å². The van der Waals surface area contributed by atoms with Gasteiger partial charge in [-0.05, 0) is 6.42 Å². The number of rotatable bonds is 22. The van der Waals surface area contributed by atoms with Crippen LogP contribution in [0, 0.1) is 0 Å². The van der Waals surface area contributed by atoms with Gasteiger partial charge < -0.3 is 14.6 Å². The Morgan fingerprint density at radius 1 is 0.788 bits per heavy atom. The molecule has 10 heteroatoms. The third kappa shape index (κ3) is 26.3. The molecule has 0 radical (unpaired) electrons. The van der Waals surface area contributed by atoms with Crippen molar-refractivity contribution < 1.29 is 66.7 Å². The summed E-state index contributed by atoms with van der Waals surface area (Å²) >= 11 is 0. The van der Waals surface area contributed by atoms with Crippen molar-refractivity contribution in [2.75, 3.05) is 19.0 Å². The second-order valence-electron chi connectivity index (χ2n) is 8.39. The van der Waals surface area contributed by atoms with Crippen molar-refractivity contribution >= 4 is 22.1 Å². The standard InChI is InChI=1S/C23H43O8S.Na/c1-2-3-4-5-6-7-8-9-10-11-12-13-14-15-16-17-22(25)30-19-21(18-24)31-23(26)20-32(27,28)29;/h21H,2-20H2,1H3,(H,27,28,29);/q-1;+1. The van der Waals surface area contributed by atoms with Crippen LogP contribution in [0.25, 0.3) is 0 Å². The van der Waals surface area contributed by atoms with E-state index in [1.165, 1.54) is 70.6 Å². The summed E-state index contributed by atoms with van der Waals surface area (Å²) in [5, 5.41) is 11.0. The average molecular weight is 503 g/mol. The average Bonchev–Trinajstić information content (AvgIpc) is 2.72. The third-order valence-corrected chi connectivity index (χ3v) is 5.80. The van der Waals surface area contributed by atoms with Crippen molar-refractivity contribution in [3.05, 3.63) is 0 Å². The van der Waals surface area contributed by atoms with Gasteiger partial charge in [0.1, 0.15) is 12.7 Å². The minimum atomic E-state index is -4.53. The molecule has 0 spiro atoms. The topological polar surface area (TPSA) is 130 Å². The first-order valence-corrected chi connectivity index (χ1v) is 13.8. The van der Waals surface area contributed by atoms with E-state index in [2.05, 4.69) is 11.7 Å². The van der Waals surface area contributed by atoms with Crippen molar-refractivity contribution in [2.45, 2.75) is 116 Å². The molecule has 0 aliphatic carbocycles. The number of hydrogen-bond donors (Lipinski definition) is 1. The molecule has 1 unspecified atom stereocenters. The third-order valence-electron chi connectivity index (χ3n) is 5.20. The molecule has 0 aromatic rings. The van der Waals surface area contributed by atoms with Crippen LogP contribution in [0.3, 0.4) is 0 Å². The van der Waals surface area contributed by atoms with Crippen LogP contribution < -0.4 is 34.7 Å². The predicted molar refractivity (Wildman–Crippen MR) is 122 cm³/mol. The molecule has 0 saturated carbocycles. The summed E-state index contributed by atoms with van der Waals surface area (Å²) in [4.78, 5) is 23.0. The molecule has 0 amide bonds. The van der Waals surface area contributed by atoms with E-state index in [9.17, 15) is 23.1 Å². The first kappa shape index (κ1) is 35.0. The number of esters is 2. The summed E-state index contributed by atoms with van der Waals surface area (Å²) in [6.45, 7) is 0.952. The molecule has 0 aliphatic rings. The van der Waals surface area contributed by atoms with Crippen molar-refractivity contribution in [1.29, 1.82) is 0 Å². The van der Waals surface area contributed by atoms with Crippen LogP contribution in [0.4, 0.5) is 0 Å². The first-order chi connectivity index (χ1) is 15.3. The first-order valence-electron chi connectivity index (χ1n) is 12.2. The summed E-state index contributed by atoms with van der Waals surface area (Å²) in [5.74, 6) is -2.98. The fraction of sp³-hybridized carbons (Fsp3) is 0.913. The quantitative estimate of drug-likeness (QED) is 0.100. The zero-order valence-electron chi connectivity index (χ0n) is 20.7. The molecule has 0 bridgehead atoms. The van der Waals surface area contributed by atoms with Gasteiger partial charge in [-0.25, -0.2) is 0 Å². The summed E-state index contributed by atoms with van der Waals surface area (Å²) < 4.78 is 39.2.